The van der Waals surface area contributed by atoms with E-state index in [1.54, 1.807) is 17.0 Å². The maximum absolute atomic E-state index is 12.7. The fraction of sp³-hybridized carbons (Fsp3) is 0.720. The lowest BCUT2D eigenvalue weighted by molar-refractivity contribution is -0.0179. The second-order valence-corrected chi connectivity index (χ2v) is 10.8. The van der Waals surface area contributed by atoms with E-state index in [0.29, 0.717) is 30.5 Å². The Morgan fingerprint density at radius 2 is 1.91 bits per heavy atom. The number of piperidine rings is 1. The van der Waals surface area contributed by atoms with Gasteiger partial charge in [-0.15, -0.1) is 0 Å². The van der Waals surface area contributed by atoms with Gasteiger partial charge in [-0.2, -0.15) is 0 Å². The summed E-state index contributed by atoms with van der Waals surface area (Å²) in [5.41, 5.74) is 5.57. The zero-order valence-corrected chi connectivity index (χ0v) is 22.0. The number of carbonyl (C=O) groups excluding carboxylic acids is 1. The van der Waals surface area contributed by atoms with Crippen molar-refractivity contribution in [2.75, 3.05) is 13.6 Å². The minimum atomic E-state index is -0.549. The summed E-state index contributed by atoms with van der Waals surface area (Å²) in [7, 11) is 2.10. The third-order valence-electron chi connectivity index (χ3n) is 6.64. The van der Waals surface area contributed by atoms with E-state index in [4.69, 9.17) is 19.9 Å². The highest BCUT2D eigenvalue weighted by molar-refractivity contribution is 5.95. The number of pyridine rings is 1. The highest BCUT2D eigenvalue weighted by Gasteiger charge is 2.37. The molecule has 2 aliphatic rings. The molecule has 2 fully saturated rings. The van der Waals surface area contributed by atoms with E-state index < -0.39 is 5.60 Å². The molecule has 3 N–H and O–H groups in total. The van der Waals surface area contributed by atoms with Crippen LogP contribution >= 0.6 is 0 Å². The van der Waals surface area contributed by atoms with Crippen LogP contribution in [0.2, 0.25) is 0 Å². The molecular weight excluding hydrogens is 450 g/mol. The molecule has 2 saturated heterocycles. The molecule has 10 heteroatoms. The Morgan fingerprint density at radius 1 is 1.26 bits per heavy atom. The summed E-state index contributed by atoms with van der Waals surface area (Å²) in [4.78, 5) is 21.2. The zero-order chi connectivity index (χ0) is 25.9. The van der Waals surface area contributed by atoms with Gasteiger partial charge in [-0.3, -0.25) is 4.90 Å². The highest BCUT2D eigenvalue weighted by Crippen LogP contribution is 2.30. The summed E-state index contributed by atoms with van der Waals surface area (Å²) < 4.78 is 18.1. The van der Waals surface area contributed by atoms with Crippen LogP contribution in [0.25, 0.3) is 0 Å². The lowest BCUT2D eigenvalue weighted by Gasteiger charge is -2.42. The van der Waals surface area contributed by atoms with Crippen LogP contribution in [0, 0.1) is 0 Å². The molecule has 4 atom stereocenters. The zero-order valence-electron chi connectivity index (χ0n) is 22.0. The molecule has 0 unspecified atom stereocenters. The molecule has 3 heterocycles. The van der Waals surface area contributed by atoms with Crippen molar-refractivity contribution in [2.24, 2.45) is 10.9 Å². The Labute approximate surface area is 208 Å². The molecule has 1 aromatic rings. The SMILES string of the molecule is C[C@H](Oc1cc(OC2C[C@@H](C)N(C(=O)OC(C)(C)C)[C@H](C)C2)cc(/C(N)=N/O)n1)[C@@H]1CCCN1C. The van der Waals surface area contributed by atoms with E-state index in [2.05, 4.69) is 22.1 Å². The third kappa shape index (κ3) is 6.90. The molecule has 2 aliphatic heterocycles. The van der Waals surface area contributed by atoms with Crippen LogP contribution in [-0.4, -0.2) is 81.4 Å². The lowest BCUT2D eigenvalue weighted by atomic mass is 9.95. The molecule has 0 radical (unpaired) electrons. The van der Waals surface area contributed by atoms with Gasteiger partial charge in [-0.1, -0.05) is 5.16 Å². The average molecular weight is 492 g/mol. The van der Waals surface area contributed by atoms with Crippen LogP contribution in [-0.2, 0) is 4.74 Å². The number of rotatable bonds is 6. The smallest absolute Gasteiger partial charge is 0.410 e. The quantitative estimate of drug-likeness (QED) is 0.268. The molecule has 0 aromatic carbocycles. The number of carbonyl (C=O) groups is 1. The Morgan fingerprint density at radius 3 is 2.46 bits per heavy atom. The van der Waals surface area contributed by atoms with Gasteiger partial charge in [0.25, 0.3) is 0 Å². The van der Waals surface area contributed by atoms with Gasteiger partial charge in [0.1, 0.15) is 29.3 Å². The normalized spacial score (nSPS) is 26.9. The second-order valence-electron chi connectivity index (χ2n) is 10.8. The van der Waals surface area contributed by atoms with Gasteiger partial charge in [0.2, 0.25) is 5.88 Å². The maximum Gasteiger partial charge on any atom is 0.410 e. The maximum atomic E-state index is 12.7. The summed E-state index contributed by atoms with van der Waals surface area (Å²) in [6.45, 7) is 12.7. The van der Waals surface area contributed by atoms with Crippen molar-refractivity contribution in [1.29, 1.82) is 0 Å². The summed E-state index contributed by atoms with van der Waals surface area (Å²) >= 11 is 0. The predicted molar refractivity (Wildman–Crippen MR) is 133 cm³/mol. The largest absolute Gasteiger partial charge is 0.490 e. The first-order chi connectivity index (χ1) is 16.4. The van der Waals surface area contributed by atoms with Crippen molar-refractivity contribution < 1.29 is 24.2 Å². The van der Waals surface area contributed by atoms with Crippen molar-refractivity contribution in [1.82, 2.24) is 14.8 Å². The summed E-state index contributed by atoms with van der Waals surface area (Å²) in [5, 5.41) is 12.3. The number of likely N-dealkylation sites (tertiary alicyclic amines) is 2. The molecular formula is C25H41N5O5. The number of amides is 1. The first kappa shape index (κ1) is 26.8. The predicted octanol–water partition coefficient (Wildman–Crippen LogP) is 3.59. The van der Waals surface area contributed by atoms with E-state index in [1.807, 2.05) is 41.5 Å². The van der Waals surface area contributed by atoms with Crippen LogP contribution in [0.4, 0.5) is 4.79 Å². The van der Waals surface area contributed by atoms with Crippen LogP contribution < -0.4 is 15.2 Å². The number of aromatic nitrogens is 1. The number of nitrogens with zero attached hydrogens (tertiary/aromatic N) is 4. The van der Waals surface area contributed by atoms with Gasteiger partial charge in [0.15, 0.2) is 5.84 Å². The standard InChI is InChI=1S/C25H41N5O5/c1-15-11-18(12-16(2)30(15)24(31)35-25(4,5)6)34-19-13-20(23(26)28-32)27-22(14-19)33-17(3)21-9-8-10-29(21)7/h13-18,21,32H,8-12H2,1-7H3,(H2,26,28)/t15-,16-,17+,21+/m1/s1. The number of likely N-dealkylation sites (N-methyl/N-ethyl adjacent to an activating group) is 1. The van der Waals surface area contributed by atoms with Crippen LogP contribution in [0.3, 0.4) is 0 Å². The molecule has 0 saturated carbocycles. The van der Waals surface area contributed by atoms with Crippen molar-refractivity contribution in [3.8, 4) is 11.6 Å². The minimum absolute atomic E-state index is 0.0578. The topological polar surface area (TPSA) is 123 Å². The van der Waals surface area contributed by atoms with Crippen molar-refractivity contribution >= 4 is 11.9 Å². The number of nitrogens with two attached hydrogens (primary N) is 1. The van der Waals surface area contributed by atoms with E-state index in [9.17, 15) is 10.0 Å². The number of ether oxygens (including phenoxy) is 3. The molecule has 0 spiro atoms. The molecule has 35 heavy (non-hydrogen) atoms. The van der Waals surface area contributed by atoms with Crippen LogP contribution in [0.15, 0.2) is 17.3 Å². The van der Waals surface area contributed by atoms with E-state index in [-0.39, 0.29) is 41.9 Å². The fourth-order valence-corrected chi connectivity index (χ4v) is 5.07. The van der Waals surface area contributed by atoms with Gasteiger partial charge < -0.3 is 30.1 Å². The number of amidine groups is 1. The molecule has 0 bridgehead atoms. The second kappa shape index (κ2) is 10.9. The number of hydrogen-bond donors (Lipinski definition) is 2. The van der Waals surface area contributed by atoms with Gasteiger partial charge in [0, 0.05) is 43.1 Å². The average Bonchev–Trinajstić information content (AvgIpc) is 3.17. The molecule has 10 nitrogen and oxygen atoms in total. The van der Waals surface area contributed by atoms with E-state index in [0.717, 1.165) is 19.4 Å². The van der Waals surface area contributed by atoms with Crippen LogP contribution in [0.1, 0.15) is 72.9 Å². The first-order valence-electron chi connectivity index (χ1n) is 12.4. The van der Waals surface area contributed by atoms with Crippen molar-refractivity contribution in [3.05, 3.63) is 17.8 Å². The first-order valence-corrected chi connectivity index (χ1v) is 12.4. The summed E-state index contributed by atoms with van der Waals surface area (Å²) in [6, 6.07) is 3.57. The van der Waals surface area contributed by atoms with Gasteiger partial charge in [-0.05, 0) is 68.0 Å². The lowest BCUT2D eigenvalue weighted by Crippen LogP contribution is -2.53. The number of hydrogen-bond acceptors (Lipinski definition) is 8. The Hall–Kier alpha value is -2.75. The summed E-state index contributed by atoms with van der Waals surface area (Å²) in [6.07, 6.45) is 2.96. The van der Waals surface area contributed by atoms with Gasteiger partial charge in [0.05, 0.1) is 0 Å². The highest BCUT2D eigenvalue weighted by atomic mass is 16.6. The molecule has 1 aromatic heterocycles. The fourth-order valence-electron chi connectivity index (χ4n) is 5.07. The van der Waals surface area contributed by atoms with Crippen LogP contribution in [0.5, 0.6) is 11.6 Å². The molecule has 196 valence electrons. The van der Waals surface area contributed by atoms with Crippen molar-refractivity contribution in [2.45, 2.75) is 103 Å². The molecule has 3 rings (SSSR count). The van der Waals surface area contributed by atoms with E-state index >= 15 is 0 Å². The van der Waals surface area contributed by atoms with Crippen molar-refractivity contribution in [3.63, 3.8) is 0 Å². The minimum Gasteiger partial charge on any atom is -0.490 e. The van der Waals surface area contributed by atoms with E-state index in [1.165, 1.54) is 0 Å². The molecule has 1 amide bonds. The molecule has 0 aliphatic carbocycles. The summed E-state index contributed by atoms with van der Waals surface area (Å²) in [5.74, 6) is 0.773. The Kier molecular flexibility index (Phi) is 8.35. The Bertz CT molecular complexity index is 906. The third-order valence-corrected chi connectivity index (χ3v) is 6.64. The number of oxime groups is 1. The van der Waals surface area contributed by atoms with Gasteiger partial charge in [-0.25, -0.2) is 9.78 Å². The Balaban J connectivity index is 1.74. The monoisotopic (exact) mass is 491 g/mol. The van der Waals surface area contributed by atoms with Gasteiger partial charge >= 0.3 is 6.09 Å².